The first kappa shape index (κ1) is 27.0. The summed E-state index contributed by atoms with van der Waals surface area (Å²) in [7, 11) is 0. The van der Waals surface area contributed by atoms with Gasteiger partial charge in [0.15, 0.2) is 11.5 Å². The average Bonchev–Trinajstić information content (AvgIpc) is 2.81. The van der Waals surface area contributed by atoms with Gasteiger partial charge in [-0.1, -0.05) is 0 Å². The molecule has 0 N–H and O–H groups in total. The summed E-state index contributed by atoms with van der Waals surface area (Å²) >= 11 is 0. The third kappa shape index (κ3) is 4.75. The number of allylic oxidation sites excluding steroid dienone is 2. The molecule has 0 amide bonds. The van der Waals surface area contributed by atoms with Crippen LogP contribution in [0.15, 0.2) is 22.5 Å². The second kappa shape index (κ2) is 10.6. The van der Waals surface area contributed by atoms with E-state index in [-0.39, 0.29) is 0 Å². The minimum atomic E-state index is -5.54. The van der Waals surface area contributed by atoms with Crippen molar-refractivity contribution in [3.05, 3.63) is 22.5 Å². The fourth-order valence-corrected chi connectivity index (χ4v) is 2.79. The molecule has 0 aromatic rings. The predicted molar refractivity (Wildman–Crippen MR) is 95.1 cm³/mol. The summed E-state index contributed by atoms with van der Waals surface area (Å²) in [6.45, 7) is 2.96. The van der Waals surface area contributed by atoms with Crippen LogP contribution in [-0.4, -0.2) is 62.1 Å². The van der Waals surface area contributed by atoms with E-state index in [2.05, 4.69) is 18.9 Å². The van der Waals surface area contributed by atoms with Gasteiger partial charge in [0, 0.05) is 0 Å². The lowest BCUT2D eigenvalue weighted by atomic mass is 9.94. The van der Waals surface area contributed by atoms with Crippen LogP contribution < -0.4 is 0 Å². The summed E-state index contributed by atoms with van der Waals surface area (Å²) in [5.41, 5.74) is -6.51. The van der Waals surface area contributed by atoms with Crippen molar-refractivity contribution in [2.75, 3.05) is 26.4 Å². The Balaban J connectivity index is 4.00. The van der Waals surface area contributed by atoms with Crippen LogP contribution >= 0.6 is 0 Å². The number of halogens is 5. The van der Waals surface area contributed by atoms with E-state index >= 15 is 4.39 Å². The van der Waals surface area contributed by atoms with E-state index in [9.17, 15) is 36.7 Å². The maximum atomic E-state index is 15.2. The predicted octanol–water partition coefficient (Wildman–Crippen LogP) is 2.66. The van der Waals surface area contributed by atoms with Crippen molar-refractivity contribution in [1.29, 1.82) is 0 Å². The van der Waals surface area contributed by atoms with Gasteiger partial charge in [0.05, 0.1) is 37.6 Å². The minimum absolute atomic E-state index is 0.467. The molecule has 0 unspecified atom stereocenters. The van der Waals surface area contributed by atoms with E-state index in [1.807, 2.05) is 0 Å². The number of esters is 4. The highest BCUT2D eigenvalue weighted by Gasteiger charge is 2.72. The van der Waals surface area contributed by atoms with Crippen LogP contribution in [0.3, 0.4) is 0 Å². The third-order valence-corrected chi connectivity index (χ3v) is 4.04. The summed E-state index contributed by atoms with van der Waals surface area (Å²) < 4.78 is 92.1. The molecule has 0 aromatic carbocycles. The number of carbonyl (C=O) groups is 4. The fraction of sp³-hybridized carbons (Fsp3) is 0.579. The number of hydrogen-bond acceptors (Lipinski definition) is 8. The molecule has 32 heavy (non-hydrogen) atoms. The molecular weight excluding hydrogens is 451 g/mol. The van der Waals surface area contributed by atoms with Crippen LogP contribution in [0.25, 0.3) is 0 Å². The monoisotopic (exact) mass is 472 g/mol. The van der Waals surface area contributed by atoms with Gasteiger partial charge in [0.1, 0.15) is 5.83 Å². The van der Waals surface area contributed by atoms with Crippen molar-refractivity contribution in [3.8, 4) is 0 Å². The molecule has 13 heteroatoms. The van der Waals surface area contributed by atoms with Gasteiger partial charge in [-0.25, -0.2) is 14.0 Å². The van der Waals surface area contributed by atoms with Crippen molar-refractivity contribution in [1.82, 2.24) is 0 Å². The smallest absolute Gasteiger partial charge is 0.346 e. The zero-order chi connectivity index (χ0) is 24.9. The number of hydrogen-bond donors (Lipinski definition) is 0. The molecule has 0 radical (unpaired) electrons. The van der Waals surface area contributed by atoms with Crippen LogP contribution in [0.2, 0.25) is 0 Å². The molecule has 0 saturated heterocycles. The molecule has 1 aliphatic rings. The first-order valence-corrected chi connectivity index (χ1v) is 9.43. The van der Waals surface area contributed by atoms with Crippen LogP contribution in [0.4, 0.5) is 22.0 Å². The molecule has 180 valence electrons. The van der Waals surface area contributed by atoms with Gasteiger partial charge in [-0.2, -0.15) is 17.6 Å². The van der Waals surface area contributed by atoms with Crippen molar-refractivity contribution in [3.63, 3.8) is 0 Å². The molecule has 0 heterocycles. The second-order valence-electron chi connectivity index (χ2n) is 6.00. The number of ether oxygens (including phenoxy) is 4. The topological polar surface area (TPSA) is 105 Å². The highest BCUT2D eigenvalue weighted by atomic mass is 19.3. The first-order valence-electron chi connectivity index (χ1n) is 9.43. The van der Waals surface area contributed by atoms with Gasteiger partial charge < -0.3 is 18.9 Å². The van der Waals surface area contributed by atoms with Crippen LogP contribution in [-0.2, 0) is 38.1 Å². The standard InChI is InChI=1S/C19H21F5O8/c1-5-29-14(25)9(15(26)30-6-2)11-13(20)12(19(23,24)18(11,21)22)10(16(27)31-7-3)17(28)32-8-4/h9H,5-8H2,1-4H3. The summed E-state index contributed by atoms with van der Waals surface area (Å²) in [6.07, 6.45) is 0. The molecule has 0 bridgehead atoms. The molecule has 1 aliphatic carbocycles. The molecule has 0 saturated carbocycles. The SMILES string of the molecule is CCOC(=O)C(C(=O)OCC)=C1C(F)=C(C(C(=O)OCC)C(=O)OCC)C(F)(F)C1(F)F. The van der Waals surface area contributed by atoms with Crippen LogP contribution in [0.1, 0.15) is 27.7 Å². The molecule has 0 fully saturated rings. The van der Waals surface area contributed by atoms with Crippen LogP contribution in [0, 0.1) is 5.92 Å². The van der Waals surface area contributed by atoms with Crippen molar-refractivity contribution in [2.45, 2.75) is 39.5 Å². The maximum absolute atomic E-state index is 15.2. The largest absolute Gasteiger partial charge is 0.465 e. The van der Waals surface area contributed by atoms with E-state index in [4.69, 9.17) is 0 Å². The van der Waals surface area contributed by atoms with Crippen molar-refractivity contribution in [2.24, 2.45) is 5.92 Å². The van der Waals surface area contributed by atoms with Gasteiger partial charge in [-0.05, 0) is 27.7 Å². The summed E-state index contributed by atoms with van der Waals surface area (Å²) in [5.74, 6) is -23.8. The summed E-state index contributed by atoms with van der Waals surface area (Å²) in [5, 5.41) is 0. The van der Waals surface area contributed by atoms with Crippen molar-refractivity contribution >= 4 is 23.9 Å². The zero-order valence-electron chi connectivity index (χ0n) is 17.6. The van der Waals surface area contributed by atoms with Gasteiger partial charge in [0.25, 0.3) is 0 Å². The quantitative estimate of drug-likeness (QED) is 0.126. The van der Waals surface area contributed by atoms with E-state index in [1.165, 1.54) is 27.7 Å². The Morgan fingerprint density at radius 2 is 1.09 bits per heavy atom. The van der Waals surface area contributed by atoms with Gasteiger partial charge in [-0.3, -0.25) is 9.59 Å². The fourth-order valence-electron chi connectivity index (χ4n) is 2.79. The lowest BCUT2D eigenvalue weighted by Crippen LogP contribution is -2.44. The maximum Gasteiger partial charge on any atom is 0.346 e. The molecular formula is C19H21F5O8. The van der Waals surface area contributed by atoms with Crippen molar-refractivity contribution < 1.29 is 60.1 Å². The molecule has 1 rings (SSSR count). The summed E-state index contributed by atoms with van der Waals surface area (Å²) in [6, 6.07) is 0. The normalized spacial score (nSPS) is 16.6. The number of rotatable bonds is 9. The first-order chi connectivity index (χ1) is 14.8. The lowest BCUT2D eigenvalue weighted by molar-refractivity contribution is -0.173. The average molecular weight is 472 g/mol. The highest BCUT2D eigenvalue weighted by Crippen LogP contribution is 2.58. The third-order valence-electron chi connectivity index (χ3n) is 4.04. The van der Waals surface area contributed by atoms with Gasteiger partial charge in [-0.15, -0.1) is 0 Å². The Labute approximate surface area is 179 Å². The number of carbonyl (C=O) groups excluding carboxylic acids is 4. The Hall–Kier alpha value is -2.99. The van der Waals surface area contributed by atoms with E-state index in [0.29, 0.717) is 0 Å². The summed E-state index contributed by atoms with van der Waals surface area (Å²) in [4.78, 5) is 48.5. The Kier molecular flexibility index (Phi) is 8.92. The van der Waals surface area contributed by atoms with Crippen LogP contribution in [0.5, 0.6) is 0 Å². The van der Waals surface area contributed by atoms with E-state index < -0.39 is 90.6 Å². The van der Waals surface area contributed by atoms with E-state index in [1.54, 1.807) is 0 Å². The van der Waals surface area contributed by atoms with E-state index in [0.717, 1.165) is 0 Å². The molecule has 0 atom stereocenters. The van der Waals surface area contributed by atoms with Gasteiger partial charge >= 0.3 is 35.7 Å². The Morgan fingerprint density at radius 3 is 1.44 bits per heavy atom. The second-order valence-corrected chi connectivity index (χ2v) is 6.00. The Morgan fingerprint density at radius 1 is 0.719 bits per heavy atom. The van der Waals surface area contributed by atoms with Gasteiger partial charge in [0.2, 0.25) is 0 Å². The minimum Gasteiger partial charge on any atom is -0.465 e. The molecule has 8 nitrogen and oxygen atoms in total. The molecule has 0 spiro atoms. The lowest BCUT2D eigenvalue weighted by Gasteiger charge is -2.25. The highest BCUT2D eigenvalue weighted by molar-refractivity contribution is 6.16. The number of alkyl halides is 4. The zero-order valence-corrected chi connectivity index (χ0v) is 17.6. The Bertz CT molecular complexity index is 809. The molecule has 0 aromatic heterocycles. The molecule has 0 aliphatic heterocycles.